The second-order valence-corrected chi connectivity index (χ2v) is 5.38. The Kier molecular flexibility index (Phi) is 3.86. The second kappa shape index (κ2) is 5.97. The molecule has 3 rings (SSSR count). The number of rotatable bonds is 5. The van der Waals surface area contributed by atoms with Crippen LogP contribution >= 0.6 is 0 Å². The van der Waals surface area contributed by atoms with Crippen molar-refractivity contribution in [1.82, 2.24) is 14.8 Å². The van der Waals surface area contributed by atoms with Gasteiger partial charge < -0.3 is 10.6 Å². The summed E-state index contributed by atoms with van der Waals surface area (Å²) in [6.45, 7) is 1.74. The quantitative estimate of drug-likeness (QED) is 0.881. The molecule has 0 radical (unpaired) electrons. The van der Waals surface area contributed by atoms with Gasteiger partial charge in [0, 0.05) is 17.3 Å². The van der Waals surface area contributed by atoms with Crippen molar-refractivity contribution in [2.45, 2.75) is 25.8 Å². The largest absolute Gasteiger partial charge is 0.326 e. The van der Waals surface area contributed by atoms with Gasteiger partial charge in [0.25, 0.3) is 0 Å². The van der Waals surface area contributed by atoms with E-state index in [1.807, 2.05) is 0 Å². The van der Waals surface area contributed by atoms with Crippen LogP contribution in [-0.2, 0) is 9.59 Å². The number of carbonyl (C=O) groups is 2. The van der Waals surface area contributed by atoms with Crippen LogP contribution in [0.15, 0.2) is 36.9 Å². The fraction of sp³-hybridized carbons (Fsp3) is 0.333. The molecule has 7 heteroatoms. The van der Waals surface area contributed by atoms with Gasteiger partial charge in [-0.25, -0.2) is 9.67 Å². The molecule has 1 fully saturated rings. The standard InChI is InChI=1S/C15H17N5O2/c1-10(20-9-16-8-17-20)14(21)18-12-4-6-13(7-5-12)19-15(22)11-2-3-11/h4-11H,2-3H2,1H3,(H,18,21)(H,19,22). The predicted octanol–water partition coefficient (Wildman–Crippen LogP) is 1.83. The lowest BCUT2D eigenvalue weighted by molar-refractivity contribution is -0.119. The number of benzene rings is 1. The average molecular weight is 299 g/mol. The highest BCUT2D eigenvalue weighted by Gasteiger charge is 2.29. The van der Waals surface area contributed by atoms with Crippen molar-refractivity contribution < 1.29 is 9.59 Å². The minimum atomic E-state index is -0.447. The van der Waals surface area contributed by atoms with Gasteiger partial charge in [0.05, 0.1) is 0 Å². The smallest absolute Gasteiger partial charge is 0.249 e. The lowest BCUT2D eigenvalue weighted by atomic mass is 10.2. The molecule has 22 heavy (non-hydrogen) atoms. The highest BCUT2D eigenvalue weighted by Crippen LogP contribution is 2.30. The van der Waals surface area contributed by atoms with Crippen LogP contribution in [0, 0.1) is 5.92 Å². The van der Waals surface area contributed by atoms with E-state index in [1.54, 1.807) is 31.2 Å². The molecule has 1 aromatic heterocycles. The van der Waals surface area contributed by atoms with E-state index in [4.69, 9.17) is 0 Å². The van der Waals surface area contributed by atoms with Crippen molar-refractivity contribution in [3.05, 3.63) is 36.9 Å². The summed E-state index contributed by atoms with van der Waals surface area (Å²) in [5.41, 5.74) is 1.40. The van der Waals surface area contributed by atoms with Gasteiger partial charge >= 0.3 is 0 Å². The topological polar surface area (TPSA) is 88.9 Å². The molecule has 2 amide bonds. The van der Waals surface area contributed by atoms with Crippen molar-refractivity contribution in [3.8, 4) is 0 Å². The highest BCUT2D eigenvalue weighted by molar-refractivity contribution is 5.95. The van der Waals surface area contributed by atoms with E-state index in [-0.39, 0.29) is 17.7 Å². The number of nitrogens with one attached hydrogen (secondary N) is 2. The molecule has 114 valence electrons. The molecule has 1 aromatic carbocycles. The number of aromatic nitrogens is 3. The van der Waals surface area contributed by atoms with Gasteiger partial charge in [-0.2, -0.15) is 5.10 Å². The van der Waals surface area contributed by atoms with Crippen LogP contribution in [0.1, 0.15) is 25.8 Å². The Balaban J connectivity index is 1.58. The molecule has 0 aliphatic heterocycles. The third-order valence-electron chi connectivity index (χ3n) is 3.58. The van der Waals surface area contributed by atoms with Crippen LogP contribution in [0.25, 0.3) is 0 Å². The molecular weight excluding hydrogens is 282 g/mol. The minimum absolute atomic E-state index is 0.0663. The summed E-state index contributed by atoms with van der Waals surface area (Å²) in [6.07, 6.45) is 4.84. The lowest BCUT2D eigenvalue weighted by Crippen LogP contribution is -2.24. The molecule has 1 saturated carbocycles. The Morgan fingerprint density at radius 2 is 1.82 bits per heavy atom. The lowest BCUT2D eigenvalue weighted by Gasteiger charge is -2.12. The molecule has 0 spiro atoms. The van der Waals surface area contributed by atoms with E-state index in [9.17, 15) is 9.59 Å². The maximum absolute atomic E-state index is 12.1. The second-order valence-electron chi connectivity index (χ2n) is 5.38. The van der Waals surface area contributed by atoms with Gasteiger partial charge in [-0.05, 0) is 44.0 Å². The fourth-order valence-corrected chi connectivity index (χ4v) is 2.01. The summed E-state index contributed by atoms with van der Waals surface area (Å²) >= 11 is 0. The van der Waals surface area contributed by atoms with Crippen molar-refractivity contribution in [2.75, 3.05) is 10.6 Å². The molecule has 2 aromatic rings. The average Bonchev–Trinajstić information content (AvgIpc) is 3.23. The molecule has 0 bridgehead atoms. The van der Waals surface area contributed by atoms with Gasteiger partial charge in [-0.1, -0.05) is 0 Å². The van der Waals surface area contributed by atoms with E-state index in [1.165, 1.54) is 17.3 Å². The Hall–Kier alpha value is -2.70. The van der Waals surface area contributed by atoms with Crippen LogP contribution in [0.5, 0.6) is 0 Å². The summed E-state index contributed by atoms with van der Waals surface area (Å²) in [6, 6.07) is 6.62. The summed E-state index contributed by atoms with van der Waals surface area (Å²) < 4.78 is 1.49. The summed E-state index contributed by atoms with van der Waals surface area (Å²) in [4.78, 5) is 27.6. The van der Waals surface area contributed by atoms with Crippen molar-refractivity contribution in [1.29, 1.82) is 0 Å². The van der Waals surface area contributed by atoms with Crippen LogP contribution in [0.4, 0.5) is 11.4 Å². The van der Waals surface area contributed by atoms with Crippen LogP contribution in [0.3, 0.4) is 0 Å². The molecule has 1 unspecified atom stereocenters. The van der Waals surface area contributed by atoms with E-state index >= 15 is 0 Å². The Bertz CT molecular complexity index is 662. The Morgan fingerprint density at radius 3 is 2.36 bits per heavy atom. The van der Waals surface area contributed by atoms with E-state index in [0.717, 1.165) is 18.5 Å². The monoisotopic (exact) mass is 299 g/mol. The first-order chi connectivity index (χ1) is 10.6. The first-order valence-corrected chi connectivity index (χ1v) is 7.19. The van der Waals surface area contributed by atoms with E-state index < -0.39 is 6.04 Å². The SMILES string of the molecule is CC(C(=O)Nc1ccc(NC(=O)C2CC2)cc1)n1cncn1. The van der Waals surface area contributed by atoms with E-state index in [0.29, 0.717) is 5.69 Å². The van der Waals surface area contributed by atoms with Gasteiger partial charge in [0.1, 0.15) is 18.7 Å². The van der Waals surface area contributed by atoms with Gasteiger partial charge in [0.2, 0.25) is 11.8 Å². The van der Waals surface area contributed by atoms with Gasteiger partial charge in [-0.15, -0.1) is 0 Å². The molecule has 1 heterocycles. The first kappa shape index (κ1) is 14.2. The predicted molar refractivity (Wildman–Crippen MR) is 81.2 cm³/mol. The van der Waals surface area contributed by atoms with Crippen LogP contribution in [-0.4, -0.2) is 26.6 Å². The molecule has 2 N–H and O–H groups in total. The van der Waals surface area contributed by atoms with E-state index in [2.05, 4.69) is 20.7 Å². The molecule has 0 saturated heterocycles. The zero-order valence-corrected chi connectivity index (χ0v) is 12.2. The van der Waals surface area contributed by atoms with Crippen LogP contribution < -0.4 is 10.6 Å². The number of nitrogens with zero attached hydrogens (tertiary/aromatic N) is 3. The first-order valence-electron chi connectivity index (χ1n) is 7.19. The van der Waals surface area contributed by atoms with Crippen molar-refractivity contribution >= 4 is 23.2 Å². The Morgan fingerprint density at radius 1 is 1.18 bits per heavy atom. The number of amides is 2. The minimum Gasteiger partial charge on any atom is -0.326 e. The summed E-state index contributed by atoms with van der Waals surface area (Å²) in [5, 5.41) is 9.61. The highest BCUT2D eigenvalue weighted by atomic mass is 16.2. The third kappa shape index (κ3) is 3.30. The molecule has 1 aliphatic rings. The molecule has 1 atom stereocenters. The maximum Gasteiger partial charge on any atom is 0.249 e. The summed E-state index contributed by atoms with van der Waals surface area (Å²) in [5.74, 6) is 0.0553. The van der Waals surface area contributed by atoms with Crippen LogP contribution in [0.2, 0.25) is 0 Å². The zero-order chi connectivity index (χ0) is 15.5. The number of hydrogen-bond donors (Lipinski definition) is 2. The molecular formula is C15H17N5O2. The summed E-state index contributed by atoms with van der Waals surface area (Å²) in [7, 11) is 0. The maximum atomic E-state index is 12.1. The number of carbonyl (C=O) groups excluding carboxylic acids is 2. The zero-order valence-electron chi connectivity index (χ0n) is 12.2. The normalized spacial score (nSPS) is 15.1. The fourth-order valence-electron chi connectivity index (χ4n) is 2.01. The third-order valence-corrected chi connectivity index (χ3v) is 3.58. The van der Waals surface area contributed by atoms with Crippen molar-refractivity contribution in [2.24, 2.45) is 5.92 Å². The Labute approximate surface area is 127 Å². The number of anilines is 2. The molecule has 1 aliphatic carbocycles. The van der Waals surface area contributed by atoms with Crippen molar-refractivity contribution in [3.63, 3.8) is 0 Å². The number of hydrogen-bond acceptors (Lipinski definition) is 4. The van der Waals surface area contributed by atoms with Gasteiger partial charge in [-0.3, -0.25) is 9.59 Å². The van der Waals surface area contributed by atoms with Gasteiger partial charge in [0.15, 0.2) is 0 Å². The molecule has 7 nitrogen and oxygen atoms in total.